The molecule has 0 aliphatic carbocycles. The minimum absolute atomic E-state index is 0.219. The number of halogens is 2. The van der Waals surface area contributed by atoms with Crippen LogP contribution in [0.2, 0.25) is 0 Å². The molecule has 1 atom stereocenters. The van der Waals surface area contributed by atoms with E-state index < -0.39 is 11.6 Å². The number of likely N-dealkylation sites (tertiary alicyclic amines) is 1. The van der Waals surface area contributed by atoms with Gasteiger partial charge in [0.2, 0.25) is 11.8 Å². The van der Waals surface area contributed by atoms with Gasteiger partial charge in [-0.3, -0.25) is 28.9 Å². The molecule has 2 amide bonds. The van der Waals surface area contributed by atoms with Crippen molar-refractivity contribution in [3.63, 3.8) is 0 Å². The van der Waals surface area contributed by atoms with E-state index >= 15 is 0 Å². The molecule has 0 radical (unpaired) electrons. The molecule has 2 N–H and O–H groups in total. The lowest BCUT2D eigenvalue weighted by Crippen LogP contribution is -2.49. The second-order valence-electron chi connectivity index (χ2n) is 14.4. The summed E-state index contributed by atoms with van der Waals surface area (Å²) in [6.45, 7) is 9.43. The van der Waals surface area contributed by atoms with Crippen LogP contribution in [0.3, 0.4) is 0 Å². The van der Waals surface area contributed by atoms with Crippen molar-refractivity contribution in [1.82, 2.24) is 39.3 Å². The van der Waals surface area contributed by atoms with Crippen LogP contribution in [0.5, 0.6) is 5.75 Å². The molecule has 8 rings (SSSR count). The molecule has 13 nitrogen and oxygen atoms in total. The Hall–Kier alpha value is -5.41. The highest BCUT2D eigenvalue weighted by molar-refractivity contribution is 6.01. The SMILES string of the molecule is COc1cc(N2CCN(CCN3CCC(n4cc(Nc5ncc(-c6cc(C)c(F)cc6F)n6ccnc56)cn4)CC3)CC2)ccc1C1CCC(=O)NC1=O. The predicted molar refractivity (Wildman–Crippen MR) is 200 cm³/mol. The van der Waals surface area contributed by atoms with Gasteiger partial charge in [-0.25, -0.2) is 18.7 Å². The third-order valence-electron chi connectivity index (χ3n) is 11.0. The number of imide groups is 1. The van der Waals surface area contributed by atoms with Crippen LogP contribution >= 0.6 is 0 Å². The lowest BCUT2D eigenvalue weighted by molar-refractivity contribution is -0.134. The maximum atomic E-state index is 14.7. The van der Waals surface area contributed by atoms with Crippen LogP contribution in [-0.2, 0) is 9.59 Å². The van der Waals surface area contributed by atoms with Crippen molar-refractivity contribution in [2.24, 2.45) is 0 Å². The standard InChI is InChI=1S/C39H44F2N10O3/c1-25-19-31(33(41)21-32(25)40)34-23-43-37(38-42-9-12-50(34)38)45-26-22-44-51(24-26)27-7-10-47(11-8-27)13-14-48-15-17-49(18-16-48)28-3-4-29(35(20-28)54-2)30-5-6-36(52)46-39(30)53/h3-4,9,12,19-24,27,30H,5-8,10-11,13-18H2,1-2H3,(H,43,45)(H,46,52,53). The fraction of sp³-hybridized carbons (Fsp3) is 0.410. The van der Waals surface area contributed by atoms with Crippen LogP contribution < -0.4 is 20.3 Å². The molecule has 3 aliphatic rings. The smallest absolute Gasteiger partial charge is 0.234 e. The van der Waals surface area contributed by atoms with Crippen molar-refractivity contribution in [2.45, 2.75) is 44.6 Å². The van der Waals surface area contributed by atoms with Crippen LogP contribution in [0.25, 0.3) is 16.9 Å². The van der Waals surface area contributed by atoms with Gasteiger partial charge in [0, 0.05) is 106 Å². The van der Waals surface area contributed by atoms with E-state index in [-0.39, 0.29) is 23.3 Å². The Labute approximate surface area is 311 Å². The van der Waals surface area contributed by atoms with Crippen molar-refractivity contribution in [2.75, 3.05) is 69.7 Å². The van der Waals surface area contributed by atoms with Gasteiger partial charge in [-0.15, -0.1) is 0 Å². The minimum Gasteiger partial charge on any atom is -0.496 e. The van der Waals surface area contributed by atoms with Crippen LogP contribution in [-0.4, -0.2) is 105 Å². The number of hydrogen-bond acceptors (Lipinski definition) is 10. The minimum atomic E-state index is -0.656. The Balaban J connectivity index is 0.808. The number of hydrogen-bond donors (Lipinski definition) is 2. The van der Waals surface area contributed by atoms with E-state index in [1.807, 2.05) is 23.0 Å². The Bertz CT molecular complexity index is 2170. The number of imidazole rings is 1. The van der Waals surface area contributed by atoms with Gasteiger partial charge in [0.1, 0.15) is 17.4 Å². The molecular formula is C39H44F2N10O3. The van der Waals surface area contributed by atoms with Gasteiger partial charge < -0.3 is 19.9 Å². The van der Waals surface area contributed by atoms with E-state index in [0.29, 0.717) is 47.4 Å². The molecule has 2 aromatic carbocycles. The Kier molecular flexibility index (Phi) is 9.99. The fourth-order valence-electron chi connectivity index (χ4n) is 7.89. The van der Waals surface area contributed by atoms with Gasteiger partial charge in [-0.2, -0.15) is 5.10 Å². The zero-order chi connectivity index (χ0) is 37.3. The number of amides is 2. The lowest BCUT2D eigenvalue weighted by atomic mass is 9.89. The summed E-state index contributed by atoms with van der Waals surface area (Å²) in [5, 5.41) is 10.4. The number of methoxy groups -OCH3 is 1. The first kappa shape index (κ1) is 35.6. The van der Waals surface area contributed by atoms with E-state index in [2.05, 4.69) is 46.5 Å². The summed E-state index contributed by atoms with van der Waals surface area (Å²) in [7, 11) is 1.63. The van der Waals surface area contributed by atoms with Crippen LogP contribution in [0.1, 0.15) is 48.8 Å². The summed E-state index contributed by atoms with van der Waals surface area (Å²) in [6, 6.07) is 8.74. The molecule has 3 saturated heterocycles. The summed E-state index contributed by atoms with van der Waals surface area (Å²) < 4.78 is 38.1. The van der Waals surface area contributed by atoms with Gasteiger partial charge >= 0.3 is 0 Å². The average molecular weight is 739 g/mol. The Morgan fingerprint density at radius 2 is 1.70 bits per heavy atom. The summed E-state index contributed by atoms with van der Waals surface area (Å²) in [5.41, 5.74) is 4.31. The molecule has 0 bridgehead atoms. The maximum Gasteiger partial charge on any atom is 0.234 e. The molecule has 3 aliphatic heterocycles. The monoisotopic (exact) mass is 738 g/mol. The second-order valence-corrected chi connectivity index (χ2v) is 14.4. The first-order valence-electron chi connectivity index (χ1n) is 18.5. The number of piperidine rings is 2. The van der Waals surface area contributed by atoms with Crippen molar-refractivity contribution >= 4 is 34.7 Å². The average Bonchev–Trinajstić information content (AvgIpc) is 3.87. The van der Waals surface area contributed by atoms with Crippen molar-refractivity contribution in [3.8, 4) is 17.0 Å². The molecule has 282 valence electrons. The van der Waals surface area contributed by atoms with E-state index in [9.17, 15) is 18.4 Å². The molecule has 1 unspecified atom stereocenters. The van der Waals surface area contributed by atoms with Gasteiger partial charge in [0.15, 0.2) is 11.5 Å². The number of anilines is 3. The summed E-state index contributed by atoms with van der Waals surface area (Å²) in [5.74, 6) is -0.893. The van der Waals surface area contributed by atoms with Gasteiger partial charge in [0.05, 0.1) is 42.8 Å². The molecule has 0 saturated carbocycles. The van der Waals surface area contributed by atoms with E-state index in [0.717, 1.165) is 88.2 Å². The van der Waals surface area contributed by atoms with Crippen molar-refractivity contribution in [3.05, 3.63) is 84.1 Å². The number of ether oxygens (including phenoxy) is 1. The maximum absolute atomic E-state index is 14.7. The first-order valence-corrected chi connectivity index (χ1v) is 18.5. The summed E-state index contributed by atoms with van der Waals surface area (Å²) >= 11 is 0. The van der Waals surface area contributed by atoms with Gasteiger partial charge in [0.25, 0.3) is 0 Å². The first-order chi connectivity index (χ1) is 26.2. The number of carbonyl (C=O) groups excluding carboxylic acids is 2. The molecule has 15 heteroatoms. The number of aryl methyl sites for hydroxylation is 1. The highest BCUT2D eigenvalue weighted by Gasteiger charge is 2.31. The quantitative estimate of drug-likeness (QED) is 0.191. The molecule has 6 heterocycles. The number of nitrogens with one attached hydrogen (secondary N) is 2. The third-order valence-corrected chi connectivity index (χ3v) is 11.0. The van der Waals surface area contributed by atoms with Gasteiger partial charge in [-0.05, 0) is 43.9 Å². The highest BCUT2D eigenvalue weighted by atomic mass is 19.1. The van der Waals surface area contributed by atoms with E-state index in [4.69, 9.17) is 4.74 Å². The fourth-order valence-corrected chi connectivity index (χ4v) is 7.89. The normalized spacial score (nSPS) is 19.0. The van der Waals surface area contributed by atoms with Crippen molar-refractivity contribution < 1.29 is 23.1 Å². The molecule has 5 aromatic rings. The zero-order valence-corrected chi connectivity index (χ0v) is 30.5. The molecule has 54 heavy (non-hydrogen) atoms. The van der Waals surface area contributed by atoms with Crippen molar-refractivity contribution in [1.29, 1.82) is 0 Å². The zero-order valence-electron chi connectivity index (χ0n) is 30.5. The number of nitrogens with zero attached hydrogens (tertiary/aromatic N) is 8. The molecule has 0 spiro atoms. The third kappa shape index (κ3) is 7.25. The lowest BCUT2D eigenvalue weighted by Gasteiger charge is -2.38. The van der Waals surface area contributed by atoms with Crippen LogP contribution in [0, 0.1) is 18.6 Å². The largest absolute Gasteiger partial charge is 0.496 e. The van der Waals surface area contributed by atoms with Gasteiger partial charge in [-0.1, -0.05) is 6.07 Å². The second kappa shape index (κ2) is 15.1. The number of benzene rings is 2. The number of fused-ring (bicyclic) bond motifs is 1. The predicted octanol–water partition coefficient (Wildman–Crippen LogP) is 4.91. The molecule has 3 fully saturated rings. The number of aromatic nitrogens is 5. The Morgan fingerprint density at radius 3 is 2.46 bits per heavy atom. The molecular weight excluding hydrogens is 694 g/mol. The van der Waals surface area contributed by atoms with Crippen LogP contribution in [0.15, 0.2) is 61.3 Å². The summed E-state index contributed by atoms with van der Waals surface area (Å²) in [6.07, 6.45) is 11.6. The number of piperazine rings is 1. The highest BCUT2D eigenvalue weighted by Crippen LogP contribution is 2.35. The summed E-state index contributed by atoms with van der Waals surface area (Å²) in [4.78, 5) is 40.5. The number of rotatable bonds is 10. The Morgan fingerprint density at radius 1 is 0.926 bits per heavy atom. The number of carbonyl (C=O) groups is 2. The van der Waals surface area contributed by atoms with E-state index in [1.54, 1.807) is 43.2 Å². The molecule has 3 aromatic heterocycles. The topological polar surface area (TPSA) is 125 Å². The van der Waals surface area contributed by atoms with E-state index in [1.165, 1.54) is 6.07 Å². The van der Waals surface area contributed by atoms with Crippen LogP contribution in [0.4, 0.5) is 26.0 Å².